The van der Waals surface area contributed by atoms with Crippen LogP contribution in [0.25, 0.3) is 0 Å². The standard InChI is InChI=1S/C15H20N6O3/c1-11(2)17-15(22)10-19-5-7-20(8-6-19)14-4-3-13(21(23)24)12(9-16)18-14/h3-4,11H,5-8,10H2,1-2H3,(H,17,22). The topological polar surface area (TPSA) is 115 Å². The lowest BCUT2D eigenvalue weighted by Gasteiger charge is -2.35. The number of carbonyl (C=O) groups is 1. The van der Waals surface area contributed by atoms with Crippen LogP contribution in [0.1, 0.15) is 19.5 Å². The number of anilines is 1. The molecular formula is C15H20N6O3. The lowest BCUT2D eigenvalue weighted by Crippen LogP contribution is -2.50. The van der Waals surface area contributed by atoms with Gasteiger partial charge in [-0.25, -0.2) is 4.98 Å². The molecule has 0 aliphatic carbocycles. The third kappa shape index (κ3) is 4.39. The third-order valence-corrected chi connectivity index (χ3v) is 3.68. The second-order valence-corrected chi connectivity index (χ2v) is 5.89. The molecule has 0 atom stereocenters. The molecule has 1 amide bonds. The van der Waals surface area contributed by atoms with Gasteiger partial charge in [-0.05, 0) is 19.9 Å². The van der Waals surface area contributed by atoms with Crippen molar-refractivity contribution >= 4 is 17.4 Å². The molecule has 1 aromatic rings. The van der Waals surface area contributed by atoms with E-state index < -0.39 is 4.92 Å². The van der Waals surface area contributed by atoms with Crippen LogP contribution in [0.3, 0.4) is 0 Å². The van der Waals surface area contributed by atoms with E-state index in [-0.39, 0.29) is 23.3 Å². The number of pyridine rings is 1. The van der Waals surface area contributed by atoms with E-state index in [1.54, 1.807) is 12.1 Å². The number of nitrogens with one attached hydrogen (secondary N) is 1. The van der Waals surface area contributed by atoms with Gasteiger partial charge in [0, 0.05) is 38.3 Å². The lowest BCUT2D eigenvalue weighted by molar-refractivity contribution is -0.385. The third-order valence-electron chi connectivity index (χ3n) is 3.68. The highest BCUT2D eigenvalue weighted by atomic mass is 16.6. The molecule has 128 valence electrons. The highest BCUT2D eigenvalue weighted by Crippen LogP contribution is 2.21. The summed E-state index contributed by atoms with van der Waals surface area (Å²) >= 11 is 0. The molecule has 1 aliphatic heterocycles. The second-order valence-electron chi connectivity index (χ2n) is 5.89. The van der Waals surface area contributed by atoms with Gasteiger partial charge in [-0.3, -0.25) is 19.8 Å². The number of hydrogen-bond donors (Lipinski definition) is 1. The molecule has 1 saturated heterocycles. The van der Waals surface area contributed by atoms with Gasteiger partial charge < -0.3 is 10.2 Å². The summed E-state index contributed by atoms with van der Waals surface area (Å²) < 4.78 is 0. The molecule has 2 rings (SSSR count). The minimum Gasteiger partial charge on any atom is -0.354 e. The van der Waals surface area contributed by atoms with Crippen molar-refractivity contribution in [2.24, 2.45) is 0 Å². The molecule has 9 heteroatoms. The van der Waals surface area contributed by atoms with Crippen molar-refractivity contribution in [2.75, 3.05) is 37.6 Å². The van der Waals surface area contributed by atoms with Crippen LogP contribution in [-0.4, -0.2) is 59.5 Å². The number of piperazine rings is 1. The first-order chi connectivity index (χ1) is 11.4. The van der Waals surface area contributed by atoms with Crippen LogP contribution in [-0.2, 0) is 4.79 Å². The zero-order valence-corrected chi connectivity index (χ0v) is 13.7. The maximum atomic E-state index is 11.8. The lowest BCUT2D eigenvalue weighted by atomic mass is 10.2. The SMILES string of the molecule is CC(C)NC(=O)CN1CCN(c2ccc([N+](=O)[O-])c(C#N)n2)CC1. The van der Waals surface area contributed by atoms with Gasteiger partial charge in [0.15, 0.2) is 0 Å². The summed E-state index contributed by atoms with van der Waals surface area (Å²) in [6.07, 6.45) is 0. The number of hydrogen-bond acceptors (Lipinski definition) is 7. The molecule has 0 aromatic carbocycles. The van der Waals surface area contributed by atoms with E-state index >= 15 is 0 Å². The summed E-state index contributed by atoms with van der Waals surface area (Å²) in [5, 5.41) is 22.7. The summed E-state index contributed by atoms with van der Waals surface area (Å²) in [6.45, 7) is 6.85. The minimum atomic E-state index is -0.611. The molecule has 1 N–H and O–H groups in total. The normalized spacial score (nSPS) is 15.2. The van der Waals surface area contributed by atoms with Gasteiger partial charge in [-0.1, -0.05) is 0 Å². The fourth-order valence-electron chi connectivity index (χ4n) is 2.55. The molecule has 0 bridgehead atoms. The van der Waals surface area contributed by atoms with E-state index in [1.165, 1.54) is 6.07 Å². The van der Waals surface area contributed by atoms with Gasteiger partial charge >= 0.3 is 5.69 Å². The molecule has 9 nitrogen and oxygen atoms in total. The molecule has 1 aliphatic rings. The predicted molar refractivity (Wildman–Crippen MR) is 87.5 cm³/mol. The smallest absolute Gasteiger partial charge is 0.305 e. The summed E-state index contributed by atoms with van der Waals surface area (Å²) in [5.41, 5.74) is -0.471. The first-order valence-electron chi connectivity index (χ1n) is 7.73. The van der Waals surface area contributed by atoms with Crippen molar-refractivity contribution in [3.05, 3.63) is 27.9 Å². The van der Waals surface area contributed by atoms with Crippen molar-refractivity contribution < 1.29 is 9.72 Å². The van der Waals surface area contributed by atoms with Gasteiger partial charge in [-0.15, -0.1) is 0 Å². The number of carbonyl (C=O) groups excluding carboxylic acids is 1. The molecule has 1 aromatic heterocycles. The van der Waals surface area contributed by atoms with Crippen molar-refractivity contribution in [3.8, 4) is 6.07 Å². The molecule has 1 fully saturated rings. The summed E-state index contributed by atoms with van der Waals surface area (Å²) in [7, 11) is 0. The van der Waals surface area contributed by atoms with E-state index in [0.717, 1.165) is 0 Å². The Balaban J connectivity index is 1.96. The quantitative estimate of drug-likeness (QED) is 0.617. The van der Waals surface area contributed by atoms with E-state index in [1.807, 2.05) is 23.6 Å². The van der Waals surface area contributed by atoms with Gasteiger partial charge in [0.25, 0.3) is 0 Å². The fourth-order valence-corrected chi connectivity index (χ4v) is 2.55. The van der Waals surface area contributed by atoms with Gasteiger partial charge in [0.1, 0.15) is 11.9 Å². The van der Waals surface area contributed by atoms with E-state index in [9.17, 15) is 14.9 Å². The largest absolute Gasteiger partial charge is 0.354 e. The van der Waals surface area contributed by atoms with Crippen LogP contribution in [0.5, 0.6) is 0 Å². The highest BCUT2D eigenvalue weighted by molar-refractivity contribution is 5.78. The fraction of sp³-hybridized carbons (Fsp3) is 0.533. The Labute approximate surface area is 140 Å². The summed E-state index contributed by atoms with van der Waals surface area (Å²) in [6, 6.07) is 4.75. The van der Waals surface area contributed by atoms with E-state index in [0.29, 0.717) is 38.5 Å². The maximum Gasteiger partial charge on any atom is 0.305 e. The summed E-state index contributed by atoms with van der Waals surface area (Å²) in [5.74, 6) is 0.544. The Kier molecular flexibility index (Phi) is 5.65. The van der Waals surface area contributed by atoms with Gasteiger partial charge in [0.05, 0.1) is 11.5 Å². The van der Waals surface area contributed by atoms with Crippen LogP contribution < -0.4 is 10.2 Å². The van der Waals surface area contributed by atoms with Crippen LogP contribution in [0.2, 0.25) is 0 Å². The molecule has 0 saturated carbocycles. The Morgan fingerprint density at radius 2 is 2.08 bits per heavy atom. The Morgan fingerprint density at radius 3 is 2.62 bits per heavy atom. The number of nitriles is 1. The number of nitrogens with zero attached hydrogens (tertiary/aromatic N) is 5. The van der Waals surface area contributed by atoms with Crippen LogP contribution >= 0.6 is 0 Å². The first kappa shape index (κ1) is 17.6. The monoisotopic (exact) mass is 332 g/mol. The van der Waals surface area contributed by atoms with Crippen LogP contribution in [0.15, 0.2) is 12.1 Å². The molecule has 24 heavy (non-hydrogen) atoms. The zero-order valence-electron chi connectivity index (χ0n) is 13.7. The number of amides is 1. The Hall–Kier alpha value is -2.73. The van der Waals surface area contributed by atoms with Gasteiger partial charge in [-0.2, -0.15) is 5.26 Å². The van der Waals surface area contributed by atoms with Crippen molar-refractivity contribution in [1.82, 2.24) is 15.2 Å². The first-order valence-corrected chi connectivity index (χ1v) is 7.73. The van der Waals surface area contributed by atoms with Gasteiger partial charge in [0.2, 0.25) is 11.6 Å². The molecule has 2 heterocycles. The summed E-state index contributed by atoms with van der Waals surface area (Å²) in [4.78, 5) is 30.1. The van der Waals surface area contributed by atoms with Crippen molar-refractivity contribution in [3.63, 3.8) is 0 Å². The predicted octanol–water partition coefficient (Wildman–Crippen LogP) is 0.508. The van der Waals surface area contributed by atoms with E-state index in [2.05, 4.69) is 10.3 Å². The average molecular weight is 332 g/mol. The number of nitro groups is 1. The van der Waals surface area contributed by atoms with Crippen molar-refractivity contribution in [1.29, 1.82) is 5.26 Å². The number of aromatic nitrogens is 1. The molecule has 0 spiro atoms. The van der Waals surface area contributed by atoms with Crippen molar-refractivity contribution in [2.45, 2.75) is 19.9 Å². The second kappa shape index (κ2) is 7.70. The number of rotatable bonds is 5. The molecule has 0 unspecified atom stereocenters. The Morgan fingerprint density at radius 1 is 1.42 bits per heavy atom. The maximum absolute atomic E-state index is 11.8. The van der Waals surface area contributed by atoms with Crippen LogP contribution in [0.4, 0.5) is 11.5 Å². The van der Waals surface area contributed by atoms with Crippen LogP contribution in [0, 0.1) is 21.4 Å². The Bertz CT molecular complexity index is 662. The minimum absolute atomic E-state index is 0.00122. The zero-order chi connectivity index (χ0) is 17.7. The average Bonchev–Trinajstić information content (AvgIpc) is 2.54. The molecule has 0 radical (unpaired) electrons. The van der Waals surface area contributed by atoms with E-state index in [4.69, 9.17) is 5.26 Å². The highest BCUT2D eigenvalue weighted by Gasteiger charge is 2.22. The molecular weight excluding hydrogens is 312 g/mol.